The number of amides is 3. The summed E-state index contributed by atoms with van der Waals surface area (Å²) in [6.45, 7) is 0. The Morgan fingerprint density at radius 1 is 0.889 bits per heavy atom. The first kappa shape index (κ1) is 24.3. The molecule has 4 N–H and O–H groups in total. The van der Waals surface area contributed by atoms with E-state index < -0.39 is 29.7 Å². The van der Waals surface area contributed by atoms with Crippen molar-refractivity contribution in [3.8, 4) is 11.5 Å². The first-order valence-electron chi connectivity index (χ1n) is 10.2. The van der Waals surface area contributed by atoms with E-state index in [1.165, 1.54) is 19.2 Å². The molecule has 0 bridgehead atoms. The molecule has 0 saturated heterocycles. The number of nitrogens with zero attached hydrogens (tertiary/aromatic N) is 1. The summed E-state index contributed by atoms with van der Waals surface area (Å²) in [7, 11) is 1.23. The molecule has 1 aromatic heterocycles. The smallest absolute Gasteiger partial charge is 0.419 e. The molecule has 3 amide bonds. The van der Waals surface area contributed by atoms with Gasteiger partial charge >= 0.3 is 18.3 Å². The molecule has 186 valence electrons. The summed E-state index contributed by atoms with van der Waals surface area (Å²) >= 11 is 0. The summed E-state index contributed by atoms with van der Waals surface area (Å²) in [6.07, 6.45) is -5.56. The summed E-state index contributed by atoms with van der Waals surface area (Å²) in [5, 5.41) is 7.11. The zero-order valence-corrected chi connectivity index (χ0v) is 18.4. The number of carbonyl (C=O) groups excluding carboxylic acids is 2. The number of benzene rings is 3. The number of halogens is 4. The predicted molar refractivity (Wildman–Crippen MR) is 123 cm³/mol. The van der Waals surface area contributed by atoms with Gasteiger partial charge in [0.2, 0.25) is 5.95 Å². The highest BCUT2D eigenvalue weighted by Gasteiger charge is 2.34. The maximum Gasteiger partial charge on any atom is 0.419 e. The molecule has 0 saturated carbocycles. The fourth-order valence-electron chi connectivity index (χ4n) is 3.12. The highest BCUT2D eigenvalue weighted by molar-refractivity contribution is 5.99. The van der Waals surface area contributed by atoms with Crippen LogP contribution in [0.4, 0.5) is 44.5 Å². The van der Waals surface area contributed by atoms with Crippen LogP contribution in [0.1, 0.15) is 5.56 Å². The minimum absolute atomic E-state index is 0.206. The number of aromatic nitrogens is 2. The second-order valence-corrected chi connectivity index (χ2v) is 7.28. The third kappa shape index (κ3) is 5.81. The van der Waals surface area contributed by atoms with Crippen LogP contribution in [-0.4, -0.2) is 29.2 Å². The van der Waals surface area contributed by atoms with Gasteiger partial charge in [-0.2, -0.15) is 13.2 Å². The Morgan fingerprint density at radius 3 is 2.25 bits per heavy atom. The minimum atomic E-state index is -4.89. The zero-order chi connectivity index (χ0) is 25.9. The molecule has 4 aromatic rings. The van der Waals surface area contributed by atoms with Crippen LogP contribution in [0.25, 0.3) is 11.0 Å². The second kappa shape index (κ2) is 9.82. The van der Waals surface area contributed by atoms with Gasteiger partial charge in [0.15, 0.2) is 0 Å². The van der Waals surface area contributed by atoms with E-state index in [2.05, 4.69) is 30.7 Å². The summed E-state index contributed by atoms with van der Waals surface area (Å²) in [6, 6.07) is 12.5. The van der Waals surface area contributed by atoms with Gasteiger partial charge in [-0.05, 0) is 54.6 Å². The van der Waals surface area contributed by atoms with Gasteiger partial charge in [-0.3, -0.25) is 5.32 Å². The largest absolute Gasteiger partial charge is 0.457 e. The number of nitrogens with one attached hydrogen (secondary N) is 4. The molecule has 3 aromatic carbocycles. The zero-order valence-electron chi connectivity index (χ0n) is 18.4. The number of urea groups is 1. The molecule has 0 unspecified atom stereocenters. The molecule has 4 rings (SSSR count). The third-order valence-corrected chi connectivity index (χ3v) is 4.74. The molecule has 9 nitrogen and oxygen atoms in total. The summed E-state index contributed by atoms with van der Waals surface area (Å²) < 4.78 is 62.2. The van der Waals surface area contributed by atoms with Crippen LogP contribution < -0.4 is 20.7 Å². The lowest BCUT2D eigenvalue weighted by atomic mass is 10.2. The van der Waals surface area contributed by atoms with E-state index in [1.54, 1.807) is 30.3 Å². The number of methoxy groups -OCH3 is 1. The van der Waals surface area contributed by atoms with Crippen molar-refractivity contribution in [2.45, 2.75) is 6.18 Å². The van der Waals surface area contributed by atoms with Gasteiger partial charge in [-0.25, -0.2) is 19.0 Å². The van der Waals surface area contributed by atoms with Gasteiger partial charge in [0.25, 0.3) is 0 Å². The van der Waals surface area contributed by atoms with Crippen molar-refractivity contribution < 1.29 is 36.6 Å². The summed E-state index contributed by atoms with van der Waals surface area (Å²) in [5.74, 6) is -0.334. The number of rotatable bonds is 5. The van der Waals surface area contributed by atoms with Crippen molar-refractivity contribution in [2.75, 3.05) is 23.1 Å². The van der Waals surface area contributed by atoms with E-state index in [0.717, 1.165) is 6.07 Å². The number of hydrogen-bond donors (Lipinski definition) is 4. The van der Waals surface area contributed by atoms with Crippen LogP contribution in [0.2, 0.25) is 0 Å². The quantitative estimate of drug-likeness (QED) is 0.237. The average Bonchev–Trinajstić information content (AvgIpc) is 3.22. The predicted octanol–water partition coefficient (Wildman–Crippen LogP) is 6.34. The van der Waals surface area contributed by atoms with Crippen LogP contribution in [0.5, 0.6) is 11.5 Å². The number of H-pyrrole nitrogens is 1. The Hall–Kier alpha value is -4.81. The van der Waals surface area contributed by atoms with Gasteiger partial charge in [0.1, 0.15) is 17.3 Å². The van der Waals surface area contributed by atoms with E-state index in [1.807, 2.05) is 0 Å². The van der Waals surface area contributed by atoms with Crippen molar-refractivity contribution in [1.29, 1.82) is 0 Å². The Morgan fingerprint density at radius 2 is 1.56 bits per heavy atom. The minimum Gasteiger partial charge on any atom is -0.457 e. The van der Waals surface area contributed by atoms with Crippen LogP contribution in [0.3, 0.4) is 0 Å². The van der Waals surface area contributed by atoms with Crippen LogP contribution in [-0.2, 0) is 10.9 Å². The maximum atomic E-state index is 13.4. The number of hydrogen-bond acceptors (Lipinski definition) is 5. The third-order valence-electron chi connectivity index (χ3n) is 4.74. The average molecular weight is 503 g/mol. The van der Waals surface area contributed by atoms with Crippen molar-refractivity contribution >= 4 is 40.5 Å². The molecule has 0 aliphatic heterocycles. The molecule has 13 heteroatoms. The Labute approximate surface area is 200 Å². The highest BCUT2D eigenvalue weighted by Crippen LogP contribution is 2.33. The summed E-state index contributed by atoms with van der Waals surface area (Å²) in [5.41, 5.74) is -0.182. The van der Waals surface area contributed by atoms with Crippen LogP contribution in [0, 0.1) is 5.82 Å². The fraction of sp³-hybridized carbons (Fsp3) is 0.0870. The number of aromatic amines is 1. The van der Waals surface area contributed by atoms with E-state index in [0.29, 0.717) is 40.4 Å². The van der Waals surface area contributed by atoms with Gasteiger partial charge in [-0.15, -0.1) is 0 Å². The Balaban J connectivity index is 1.38. The van der Waals surface area contributed by atoms with Gasteiger partial charge in [-0.1, -0.05) is 0 Å². The number of alkyl halides is 3. The first-order chi connectivity index (χ1) is 17.1. The Kier molecular flexibility index (Phi) is 6.63. The lowest BCUT2D eigenvalue weighted by molar-refractivity contribution is -0.139. The molecular formula is C23H17F4N5O4. The monoisotopic (exact) mass is 503 g/mol. The highest BCUT2D eigenvalue weighted by atomic mass is 19.4. The molecule has 0 radical (unpaired) electrons. The molecule has 0 atom stereocenters. The van der Waals surface area contributed by atoms with Crippen LogP contribution >= 0.6 is 0 Å². The molecule has 0 aliphatic carbocycles. The van der Waals surface area contributed by atoms with E-state index >= 15 is 0 Å². The van der Waals surface area contributed by atoms with Crippen molar-refractivity contribution in [3.63, 3.8) is 0 Å². The SMILES string of the molecule is COC(=O)Nc1nc2ccc(Oc3ccc(NC(=O)Nc4ccc(F)c(C(F)(F)F)c4)cc3)cc2[nH]1. The van der Waals surface area contributed by atoms with Gasteiger partial charge in [0, 0.05) is 17.4 Å². The summed E-state index contributed by atoms with van der Waals surface area (Å²) in [4.78, 5) is 30.6. The Bertz CT molecular complexity index is 1420. The lowest BCUT2D eigenvalue weighted by Gasteiger charge is -2.12. The molecule has 1 heterocycles. The van der Waals surface area contributed by atoms with E-state index in [9.17, 15) is 27.2 Å². The number of imidazole rings is 1. The number of anilines is 3. The van der Waals surface area contributed by atoms with E-state index in [-0.39, 0.29) is 11.6 Å². The van der Waals surface area contributed by atoms with Crippen LogP contribution in [0.15, 0.2) is 60.7 Å². The topological polar surface area (TPSA) is 117 Å². The molecule has 0 aliphatic rings. The standard InChI is InChI=1S/C23H17F4N5O4/c1-35-22(34)32-20-30-18-9-7-15(11-19(18)31-20)36-14-5-2-12(3-6-14)28-21(33)29-13-4-8-17(24)16(10-13)23(25,26)27/h2-11H,1H3,(H2,28,29,33)(H2,30,31,32,34). The first-order valence-corrected chi connectivity index (χ1v) is 10.2. The van der Waals surface area contributed by atoms with Crippen molar-refractivity contribution in [1.82, 2.24) is 9.97 Å². The maximum absolute atomic E-state index is 13.4. The van der Waals surface area contributed by atoms with Crippen molar-refractivity contribution in [2.24, 2.45) is 0 Å². The van der Waals surface area contributed by atoms with Gasteiger partial charge < -0.3 is 25.1 Å². The molecular weight excluding hydrogens is 486 g/mol. The van der Waals surface area contributed by atoms with Crippen molar-refractivity contribution in [3.05, 3.63) is 72.0 Å². The lowest BCUT2D eigenvalue weighted by Crippen LogP contribution is -2.20. The second-order valence-electron chi connectivity index (χ2n) is 7.28. The number of fused-ring (bicyclic) bond motifs is 1. The molecule has 0 spiro atoms. The molecule has 36 heavy (non-hydrogen) atoms. The molecule has 0 fully saturated rings. The number of carbonyl (C=O) groups is 2. The van der Waals surface area contributed by atoms with E-state index in [4.69, 9.17) is 4.74 Å². The number of ether oxygens (including phenoxy) is 2. The fourth-order valence-corrected chi connectivity index (χ4v) is 3.12. The normalized spacial score (nSPS) is 11.1. The van der Waals surface area contributed by atoms with Gasteiger partial charge in [0.05, 0.1) is 23.7 Å².